The van der Waals surface area contributed by atoms with Crippen LogP contribution in [-0.4, -0.2) is 95.2 Å². The molecule has 2 bridgehead atoms. The minimum Gasteiger partial charge on any atom is -0.455 e. The maximum absolute atomic E-state index is 15.2. The lowest BCUT2D eigenvalue weighted by atomic mass is 9.70. The van der Waals surface area contributed by atoms with Gasteiger partial charge in [0.15, 0.2) is 0 Å². The van der Waals surface area contributed by atoms with Crippen LogP contribution in [0.25, 0.3) is 0 Å². The quantitative estimate of drug-likeness (QED) is 0.111. The molecule has 0 radical (unpaired) electrons. The van der Waals surface area contributed by atoms with Crippen LogP contribution in [0.15, 0.2) is 73.8 Å². The summed E-state index contributed by atoms with van der Waals surface area (Å²) in [4.78, 5) is 60.4. The first-order valence-electron chi connectivity index (χ1n) is 18.4. The zero-order valence-corrected chi connectivity index (χ0v) is 33.6. The van der Waals surface area contributed by atoms with E-state index in [9.17, 15) is 19.5 Å². The van der Waals surface area contributed by atoms with Crippen molar-refractivity contribution in [3.63, 3.8) is 0 Å². The molecule has 0 saturated carbocycles. The van der Waals surface area contributed by atoms with Crippen molar-refractivity contribution in [1.29, 1.82) is 0 Å². The van der Waals surface area contributed by atoms with Gasteiger partial charge in [0, 0.05) is 24.9 Å². The summed E-state index contributed by atoms with van der Waals surface area (Å²) in [7, 11) is 1.49. The number of nitrogens with one attached hydrogen (secondary N) is 1. The molecule has 0 aliphatic carbocycles. The van der Waals surface area contributed by atoms with E-state index in [1.807, 2.05) is 32.9 Å². The number of alkyl halides is 1. The van der Waals surface area contributed by atoms with Crippen LogP contribution in [0.1, 0.15) is 56.8 Å². The van der Waals surface area contributed by atoms with E-state index in [-0.39, 0.29) is 37.8 Å². The number of hydrogen-bond acceptors (Lipinski definition) is 8. The van der Waals surface area contributed by atoms with E-state index in [0.717, 1.165) is 5.56 Å². The Bertz CT molecular complexity index is 1690. The highest BCUT2D eigenvalue weighted by Gasteiger charge is 2.77. The predicted molar refractivity (Wildman–Crippen MR) is 210 cm³/mol. The SMILES string of the molecule is C=CCCC(=O)N[C@@H](COC)[C@@H](OC(=O)[C@@H]1[C@H]2O[C@@]3(CC2Br)[C@H](C(=O)N(CC=C)c2c(C)cccc2Cl)N([C@@H](CO)CC(C)C)C(=O)[C@@H]13)c1ccccc1. The van der Waals surface area contributed by atoms with Crippen LogP contribution < -0.4 is 10.2 Å². The lowest BCUT2D eigenvalue weighted by Crippen LogP contribution is -2.59. The summed E-state index contributed by atoms with van der Waals surface area (Å²) in [6.45, 7) is 13.1. The number of carbonyl (C=O) groups is 4. The van der Waals surface area contributed by atoms with Crippen molar-refractivity contribution >= 4 is 56.9 Å². The van der Waals surface area contributed by atoms with E-state index >= 15 is 4.79 Å². The molecule has 5 rings (SSSR count). The van der Waals surface area contributed by atoms with Gasteiger partial charge in [-0.25, -0.2) is 0 Å². The minimum absolute atomic E-state index is 0.0307. The second-order valence-corrected chi connectivity index (χ2v) is 16.3. The van der Waals surface area contributed by atoms with Crippen LogP contribution in [0, 0.1) is 24.7 Å². The number of hydrogen-bond donors (Lipinski definition) is 2. The standard InChI is InChI=1S/C41H51BrClN3O8/c1-7-9-18-31(48)44-30(23-52-6)35(26-15-11-10-12-16-26)53-40(51)32-33-38(49)46(27(22-47)20-24(3)4)37(41(33)21-28(42)36(32)54-41)39(50)45(19-8-2)34-25(5)14-13-17-29(34)43/h7-8,10-17,24,27-28,30,32-33,35-37,47H,1-2,9,18-23H2,3-6H3,(H,44,48)/t27-,28?,30+,32+,33-,35+,36+,37+,41-/m1/s1. The number of para-hydroxylation sites is 1. The number of halogens is 2. The number of esters is 1. The number of amides is 3. The average molecular weight is 829 g/mol. The molecule has 3 aliphatic heterocycles. The average Bonchev–Trinajstić information content (AvgIpc) is 3.74. The van der Waals surface area contributed by atoms with Gasteiger partial charge in [-0.3, -0.25) is 19.2 Å². The van der Waals surface area contributed by atoms with E-state index in [1.54, 1.807) is 48.6 Å². The van der Waals surface area contributed by atoms with Crippen molar-refractivity contribution in [3.8, 4) is 0 Å². The van der Waals surface area contributed by atoms with Gasteiger partial charge in [-0.1, -0.05) is 96.0 Å². The Balaban J connectivity index is 1.59. The third-order valence-corrected chi connectivity index (χ3v) is 11.8. The Labute approximate surface area is 331 Å². The Morgan fingerprint density at radius 2 is 1.89 bits per heavy atom. The Morgan fingerprint density at radius 1 is 1.17 bits per heavy atom. The number of fused-ring (bicyclic) bond motifs is 1. The summed E-state index contributed by atoms with van der Waals surface area (Å²) in [5.41, 5.74) is 0.396. The Morgan fingerprint density at radius 3 is 2.50 bits per heavy atom. The number of allylic oxidation sites excluding steroid dienone is 1. The number of nitrogens with zero attached hydrogens (tertiary/aromatic N) is 2. The number of ether oxygens (including phenoxy) is 3. The van der Waals surface area contributed by atoms with Crippen LogP contribution in [0.5, 0.6) is 0 Å². The molecule has 3 aliphatic rings. The van der Waals surface area contributed by atoms with Crippen molar-refractivity contribution in [2.45, 2.75) is 87.2 Å². The molecule has 2 N–H and O–H groups in total. The number of anilines is 1. The fourth-order valence-electron chi connectivity index (χ4n) is 8.49. The highest BCUT2D eigenvalue weighted by molar-refractivity contribution is 9.09. The van der Waals surface area contributed by atoms with Gasteiger partial charge in [0.1, 0.15) is 17.7 Å². The number of benzene rings is 2. The van der Waals surface area contributed by atoms with Gasteiger partial charge >= 0.3 is 5.97 Å². The molecule has 292 valence electrons. The smallest absolute Gasteiger partial charge is 0.313 e. The molecule has 54 heavy (non-hydrogen) atoms. The maximum Gasteiger partial charge on any atom is 0.313 e. The van der Waals surface area contributed by atoms with Crippen molar-refractivity contribution in [1.82, 2.24) is 10.2 Å². The summed E-state index contributed by atoms with van der Waals surface area (Å²) in [6.07, 6.45) is 2.74. The van der Waals surface area contributed by atoms with Crippen molar-refractivity contribution in [3.05, 3.63) is 90.0 Å². The highest BCUT2D eigenvalue weighted by atomic mass is 79.9. The van der Waals surface area contributed by atoms with Crippen molar-refractivity contribution in [2.75, 3.05) is 31.8 Å². The summed E-state index contributed by atoms with van der Waals surface area (Å²) in [5, 5.41) is 14.1. The molecule has 2 aromatic rings. The third-order valence-electron chi connectivity index (χ3n) is 10.6. The summed E-state index contributed by atoms with van der Waals surface area (Å²) in [6, 6.07) is 11.6. The van der Waals surface area contributed by atoms with Crippen molar-refractivity contribution in [2.24, 2.45) is 17.8 Å². The van der Waals surface area contributed by atoms with E-state index in [1.165, 1.54) is 16.9 Å². The summed E-state index contributed by atoms with van der Waals surface area (Å²) < 4.78 is 18.6. The zero-order valence-electron chi connectivity index (χ0n) is 31.3. The number of aliphatic hydroxyl groups excluding tert-OH is 1. The number of aryl methyl sites for hydroxylation is 1. The topological polar surface area (TPSA) is 135 Å². The number of rotatable bonds is 18. The maximum atomic E-state index is 15.2. The Hall–Kier alpha value is -3.55. The molecule has 1 spiro atoms. The second kappa shape index (κ2) is 17.9. The molecule has 3 amide bonds. The van der Waals surface area contributed by atoms with Gasteiger partial charge in [0.25, 0.3) is 5.91 Å². The molecule has 13 heteroatoms. The minimum atomic E-state index is -1.44. The fraction of sp³-hybridized carbons (Fsp3) is 0.512. The van der Waals surface area contributed by atoms with Crippen molar-refractivity contribution < 1.29 is 38.5 Å². The van der Waals surface area contributed by atoms with Gasteiger partial charge in [0.2, 0.25) is 11.8 Å². The predicted octanol–water partition coefficient (Wildman–Crippen LogP) is 5.70. The van der Waals surface area contributed by atoms with Crippen LogP contribution in [0.3, 0.4) is 0 Å². The van der Waals surface area contributed by atoms with Crippen LogP contribution in [0.2, 0.25) is 5.02 Å². The van der Waals surface area contributed by atoms with Gasteiger partial charge in [-0.05, 0) is 49.3 Å². The van der Waals surface area contributed by atoms with Gasteiger partial charge in [-0.15, -0.1) is 13.2 Å². The third kappa shape index (κ3) is 8.04. The van der Waals surface area contributed by atoms with Gasteiger partial charge in [-0.2, -0.15) is 0 Å². The van der Waals surface area contributed by atoms with E-state index in [2.05, 4.69) is 34.4 Å². The lowest BCUT2D eigenvalue weighted by molar-refractivity contribution is -0.163. The molecular formula is C41H51BrClN3O8. The van der Waals surface area contributed by atoms with Crippen LogP contribution >= 0.6 is 27.5 Å². The fourth-order valence-corrected chi connectivity index (χ4v) is 9.75. The lowest BCUT2D eigenvalue weighted by Gasteiger charge is -2.40. The molecule has 1 unspecified atom stereocenters. The van der Waals surface area contributed by atoms with E-state index in [4.69, 9.17) is 25.8 Å². The zero-order chi connectivity index (χ0) is 39.3. The number of carbonyl (C=O) groups excluding carboxylic acids is 4. The molecule has 11 nitrogen and oxygen atoms in total. The highest BCUT2D eigenvalue weighted by Crippen LogP contribution is 2.61. The molecule has 3 saturated heterocycles. The summed E-state index contributed by atoms with van der Waals surface area (Å²) in [5.74, 6) is -4.05. The summed E-state index contributed by atoms with van der Waals surface area (Å²) >= 11 is 10.5. The number of likely N-dealkylation sites (tertiary alicyclic amines) is 1. The molecule has 9 atom stereocenters. The number of methoxy groups -OCH3 is 1. The molecule has 3 fully saturated rings. The van der Waals surface area contributed by atoms with Gasteiger partial charge < -0.3 is 34.4 Å². The monoisotopic (exact) mass is 827 g/mol. The van der Waals surface area contributed by atoms with Crippen LogP contribution in [-0.2, 0) is 33.4 Å². The second-order valence-electron chi connectivity index (χ2n) is 14.7. The molecular weight excluding hydrogens is 778 g/mol. The number of aliphatic hydroxyl groups is 1. The first-order chi connectivity index (χ1) is 25.8. The van der Waals surface area contributed by atoms with Gasteiger partial charge in [0.05, 0.1) is 53.9 Å². The normalized spacial score (nSPS) is 25.9. The molecule has 3 heterocycles. The van der Waals surface area contributed by atoms with Crippen LogP contribution in [0.4, 0.5) is 5.69 Å². The van der Waals surface area contributed by atoms with E-state index < -0.39 is 77.0 Å². The van der Waals surface area contributed by atoms with E-state index in [0.29, 0.717) is 29.1 Å². The molecule has 2 aromatic carbocycles. The first-order valence-corrected chi connectivity index (χ1v) is 19.7. The first kappa shape index (κ1) is 41.6. The largest absolute Gasteiger partial charge is 0.455 e. The molecule has 0 aromatic heterocycles. The Kier molecular flexibility index (Phi) is 13.8.